The van der Waals surface area contributed by atoms with Gasteiger partial charge in [-0.05, 0) is 59.1 Å². The van der Waals surface area contributed by atoms with Gasteiger partial charge in [0, 0.05) is 51.4 Å². The molecule has 0 bridgehead atoms. The first-order valence-electron chi connectivity index (χ1n) is 12.4. The number of amides is 1. The molecule has 8 heteroatoms. The molecule has 1 unspecified atom stereocenters. The highest BCUT2D eigenvalue weighted by molar-refractivity contribution is 6.39. The fourth-order valence-corrected chi connectivity index (χ4v) is 5.03. The third-order valence-electron chi connectivity index (χ3n) is 6.50. The summed E-state index contributed by atoms with van der Waals surface area (Å²) in [7, 11) is 3.37. The number of halogens is 1. The van der Waals surface area contributed by atoms with Crippen molar-refractivity contribution in [3.05, 3.63) is 28.9 Å². The van der Waals surface area contributed by atoms with Gasteiger partial charge in [-0.3, -0.25) is 4.79 Å². The molecule has 34 heavy (non-hydrogen) atoms. The fourth-order valence-electron chi connectivity index (χ4n) is 4.69. The number of methoxy groups -OCH3 is 2. The van der Waals surface area contributed by atoms with Crippen LogP contribution in [0.4, 0.5) is 0 Å². The lowest BCUT2D eigenvalue weighted by molar-refractivity contribution is 0.0562. The van der Waals surface area contributed by atoms with Gasteiger partial charge in [-0.25, -0.2) is 0 Å². The van der Waals surface area contributed by atoms with Crippen molar-refractivity contribution in [3.63, 3.8) is 0 Å². The number of unbranched alkanes of at least 4 members (excludes halogenated alkanes) is 1. The average molecular weight is 494 g/mol. The maximum atomic E-state index is 14.1. The molecule has 0 spiro atoms. The average Bonchev–Trinajstić information content (AvgIpc) is 3.12. The first-order chi connectivity index (χ1) is 16.4. The summed E-state index contributed by atoms with van der Waals surface area (Å²) in [4.78, 5) is 16.1. The van der Waals surface area contributed by atoms with Crippen LogP contribution in [0.3, 0.4) is 0 Å². The van der Waals surface area contributed by atoms with E-state index >= 15 is 0 Å². The summed E-state index contributed by atoms with van der Waals surface area (Å²) < 4.78 is 18.8. The quantitative estimate of drug-likeness (QED) is 0.433. The maximum Gasteiger partial charge on any atom is 0.272 e. The Morgan fingerprint density at radius 2 is 2.06 bits per heavy atom. The zero-order chi connectivity index (χ0) is 24.7. The van der Waals surface area contributed by atoms with E-state index in [1.807, 2.05) is 30.0 Å². The molecule has 1 saturated heterocycles. The molecule has 1 aromatic carbocycles. The van der Waals surface area contributed by atoms with E-state index in [2.05, 4.69) is 23.7 Å². The van der Waals surface area contributed by atoms with Gasteiger partial charge in [-0.1, -0.05) is 23.7 Å². The van der Waals surface area contributed by atoms with E-state index in [4.69, 9.17) is 25.8 Å². The van der Waals surface area contributed by atoms with Crippen LogP contribution in [0.2, 0.25) is 5.02 Å². The van der Waals surface area contributed by atoms with Crippen LogP contribution in [0.25, 0.3) is 10.9 Å². The Morgan fingerprint density at radius 1 is 1.26 bits per heavy atom. The topological polar surface area (TPSA) is 65.0 Å². The van der Waals surface area contributed by atoms with Crippen molar-refractivity contribution in [1.29, 1.82) is 0 Å². The molecule has 2 heterocycles. The highest BCUT2D eigenvalue weighted by Gasteiger charge is 2.33. The van der Waals surface area contributed by atoms with Crippen molar-refractivity contribution >= 4 is 28.4 Å². The first-order valence-corrected chi connectivity index (χ1v) is 12.8. The lowest BCUT2D eigenvalue weighted by Gasteiger charge is -2.38. The Labute approximate surface area is 208 Å². The van der Waals surface area contributed by atoms with E-state index in [9.17, 15) is 4.79 Å². The molecule has 0 radical (unpaired) electrons. The van der Waals surface area contributed by atoms with Gasteiger partial charge in [0.05, 0.1) is 16.6 Å². The van der Waals surface area contributed by atoms with Gasteiger partial charge in [-0.15, -0.1) is 0 Å². The minimum Gasteiger partial charge on any atom is -0.489 e. The molecule has 0 aliphatic carbocycles. The van der Waals surface area contributed by atoms with Crippen molar-refractivity contribution in [1.82, 2.24) is 14.8 Å². The van der Waals surface area contributed by atoms with E-state index in [1.165, 1.54) is 0 Å². The molecule has 3 rings (SSSR count). The molecule has 1 aliphatic rings. The van der Waals surface area contributed by atoms with E-state index in [1.54, 1.807) is 14.2 Å². The lowest BCUT2D eigenvalue weighted by Crippen LogP contribution is -2.52. The Hall–Kier alpha value is -1.80. The van der Waals surface area contributed by atoms with Gasteiger partial charge in [0.25, 0.3) is 5.91 Å². The summed E-state index contributed by atoms with van der Waals surface area (Å²) in [5, 5.41) is 4.77. The van der Waals surface area contributed by atoms with Gasteiger partial charge >= 0.3 is 0 Å². The minimum atomic E-state index is -0.0489. The van der Waals surface area contributed by atoms with Crippen molar-refractivity contribution in [2.45, 2.75) is 71.2 Å². The zero-order valence-corrected chi connectivity index (χ0v) is 22.0. The number of aryl methyl sites for hydroxylation is 1. The summed E-state index contributed by atoms with van der Waals surface area (Å²) in [5.41, 5.74) is 1.41. The van der Waals surface area contributed by atoms with Crippen LogP contribution in [-0.4, -0.2) is 74.1 Å². The van der Waals surface area contributed by atoms with Crippen LogP contribution in [0.5, 0.6) is 5.75 Å². The second-order valence-electron chi connectivity index (χ2n) is 9.33. The second-order valence-corrected chi connectivity index (χ2v) is 9.71. The van der Waals surface area contributed by atoms with E-state index in [0.717, 1.165) is 49.7 Å². The van der Waals surface area contributed by atoms with Crippen molar-refractivity contribution in [2.24, 2.45) is 0 Å². The van der Waals surface area contributed by atoms with Crippen LogP contribution < -0.4 is 10.1 Å². The number of nitrogens with zero attached hydrogens (tertiary/aromatic N) is 2. The Kier molecular flexibility index (Phi) is 10.1. The minimum absolute atomic E-state index is 0.0205. The number of benzene rings is 1. The molecule has 1 aromatic heterocycles. The second kappa shape index (κ2) is 12.8. The van der Waals surface area contributed by atoms with Crippen LogP contribution in [0, 0.1) is 0 Å². The third-order valence-corrected chi connectivity index (χ3v) is 6.88. The number of hydrogen-bond donors (Lipinski definition) is 1. The Morgan fingerprint density at radius 3 is 2.71 bits per heavy atom. The number of carbonyl (C=O) groups excluding carboxylic acids is 1. The summed E-state index contributed by atoms with van der Waals surface area (Å²) in [5.74, 6) is 0.692. The standard InChI is InChI=1S/C26H40ClN3O4/c1-18(2)30(20-10-9-13-28-16-20)26(31)25-23(27)21-11-8-12-22(34-17-19(3)33-5)24(21)29(25)14-6-7-15-32-4/h8,11-12,18-20,28H,6-7,9-10,13-17H2,1-5H3/t19?,20-/m1/s1. The third kappa shape index (κ3) is 6.06. The van der Waals surface area contributed by atoms with Crippen LogP contribution >= 0.6 is 11.6 Å². The van der Waals surface area contributed by atoms with Gasteiger partial charge in [0.2, 0.25) is 0 Å². The molecule has 2 aromatic rings. The van der Waals surface area contributed by atoms with Crippen LogP contribution in [-0.2, 0) is 16.0 Å². The van der Waals surface area contributed by atoms with Gasteiger partial charge in [0.1, 0.15) is 18.1 Å². The molecule has 2 atom stereocenters. The SMILES string of the molecule is COCCCCn1c(C(=O)N(C(C)C)[C@@H]2CCCNC2)c(Cl)c2cccc(OCC(C)OC)c21. The molecule has 1 fully saturated rings. The number of hydrogen-bond acceptors (Lipinski definition) is 5. The normalized spacial score (nSPS) is 17.3. The molecule has 1 aliphatic heterocycles. The van der Waals surface area contributed by atoms with Crippen molar-refractivity contribution in [3.8, 4) is 5.75 Å². The molecular weight excluding hydrogens is 454 g/mol. The number of ether oxygens (including phenoxy) is 3. The molecular formula is C26H40ClN3O4. The predicted molar refractivity (Wildman–Crippen MR) is 137 cm³/mol. The van der Waals surface area contributed by atoms with Gasteiger partial charge in [0.15, 0.2) is 0 Å². The highest BCUT2D eigenvalue weighted by Crippen LogP contribution is 2.38. The number of para-hydroxylation sites is 1. The largest absolute Gasteiger partial charge is 0.489 e. The molecule has 1 N–H and O–H groups in total. The zero-order valence-electron chi connectivity index (χ0n) is 21.2. The highest BCUT2D eigenvalue weighted by atomic mass is 35.5. The van der Waals surface area contributed by atoms with Crippen molar-refractivity contribution in [2.75, 3.05) is 40.5 Å². The van der Waals surface area contributed by atoms with Gasteiger partial charge < -0.3 is 29.0 Å². The lowest BCUT2D eigenvalue weighted by atomic mass is 10.0. The molecule has 0 saturated carbocycles. The molecule has 1 amide bonds. The summed E-state index contributed by atoms with van der Waals surface area (Å²) in [6, 6.07) is 6.04. The number of nitrogens with one attached hydrogen (secondary N) is 1. The summed E-state index contributed by atoms with van der Waals surface area (Å²) >= 11 is 6.96. The Bertz CT molecular complexity index is 940. The first kappa shape index (κ1) is 26.8. The maximum absolute atomic E-state index is 14.1. The van der Waals surface area contributed by atoms with E-state index in [0.29, 0.717) is 36.2 Å². The monoisotopic (exact) mass is 493 g/mol. The fraction of sp³-hybridized carbons (Fsp3) is 0.654. The number of aromatic nitrogens is 1. The summed E-state index contributed by atoms with van der Waals surface area (Å²) in [6.45, 7) is 9.66. The van der Waals surface area contributed by atoms with Crippen LogP contribution in [0.1, 0.15) is 56.9 Å². The molecule has 190 valence electrons. The number of piperidine rings is 1. The smallest absolute Gasteiger partial charge is 0.272 e. The number of fused-ring (bicyclic) bond motifs is 1. The van der Waals surface area contributed by atoms with Crippen LogP contribution in [0.15, 0.2) is 18.2 Å². The predicted octanol–water partition coefficient (Wildman–Crippen LogP) is 4.74. The van der Waals surface area contributed by atoms with Crippen molar-refractivity contribution < 1.29 is 19.0 Å². The molecule has 7 nitrogen and oxygen atoms in total. The van der Waals surface area contributed by atoms with Gasteiger partial charge in [-0.2, -0.15) is 0 Å². The summed E-state index contributed by atoms with van der Waals surface area (Å²) in [6.07, 6.45) is 3.76. The Balaban J connectivity index is 2.07. The van der Waals surface area contributed by atoms with E-state index in [-0.39, 0.29) is 24.1 Å². The number of carbonyl (C=O) groups is 1. The number of rotatable bonds is 12. The van der Waals surface area contributed by atoms with E-state index < -0.39 is 0 Å².